The molecule has 2 saturated carbocycles. The molecule has 2 aliphatic carbocycles. The zero-order chi connectivity index (χ0) is 18.7. The SMILES string of the molecule is CC1(O)CC(C(=O)N2CC3(CCC(c4ccc(C(F)(F)F)cc4)C3)C2)C1. The summed E-state index contributed by atoms with van der Waals surface area (Å²) in [6.45, 7) is 3.27. The van der Waals surface area contributed by atoms with E-state index < -0.39 is 17.3 Å². The molecule has 0 radical (unpaired) electrons. The highest BCUT2D eigenvalue weighted by molar-refractivity contribution is 5.81. The third-order valence-electron chi connectivity index (χ3n) is 6.50. The van der Waals surface area contributed by atoms with Crippen LogP contribution >= 0.6 is 0 Å². The van der Waals surface area contributed by atoms with Crippen molar-refractivity contribution in [2.45, 2.75) is 56.7 Å². The Morgan fingerprint density at radius 3 is 2.31 bits per heavy atom. The molecule has 3 fully saturated rings. The molecule has 1 N–H and O–H groups in total. The number of alkyl halides is 3. The summed E-state index contributed by atoms with van der Waals surface area (Å²) in [4.78, 5) is 14.3. The molecule has 3 aliphatic rings. The second kappa shape index (κ2) is 5.72. The van der Waals surface area contributed by atoms with Crippen molar-refractivity contribution >= 4 is 5.91 Å². The van der Waals surface area contributed by atoms with E-state index in [9.17, 15) is 23.1 Å². The van der Waals surface area contributed by atoms with E-state index in [1.165, 1.54) is 12.1 Å². The molecule has 1 unspecified atom stereocenters. The molecule has 0 bridgehead atoms. The summed E-state index contributed by atoms with van der Waals surface area (Å²) in [6, 6.07) is 5.54. The lowest BCUT2D eigenvalue weighted by atomic mass is 9.69. The number of halogens is 3. The molecule has 26 heavy (non-hydrogen) atoms. The number of hydrogen-bond donors (Lipinski definition) is 1. The smallest absolute Gasteiger partial charge is 0.390 e. The molecule has 1 aromatic carbocycles. The number of amides is 1. The summed E-state index contributed by atoms with van der Waals surface area (Å²) in [5.74, 6) is 0.383. The van der Waals surface area contributed by atoms with E-state index in [0.29, 0.717) is 12.8 Å². The van der Waals surface area contributed by atoms with Gasteiger partial charge in [-0.05, 0) is 62.6 Å². The fraction of sp³-hybridized carbons (Fsp3) is 0.650. The van der Waals surface area contributed by atoms with Gasteiger partial charge in [0.05, 0.1) is 11.2 Å². The van der Waals surface area contributed by atoms with Gasteiger partial charge in [0.15, 0.2) is 0 Å². The first-order valence-electron chi connectivity index (χ1n) is 9.25. The third kappa shape index (κ3) is 3.13. The second-order valence-electron chi connectivity index (χ2n) is 8.86. The molecular weight excluding hydrogens is 343 g/mol. The lowest BCUT2D eigenvalue weighted by Gasteiger charge is -2.52. The van der Waals surface area contributed by atoms with Gasteiger partial charge < -0.3 is 10.0 Å². The number of rotatable bonds is 2. The highest BCUT2D eigenvalue weighted by Gasteiger charge is 2.53. The average molecular weight is 367 g/mol. The normalized spacial score (nSPS) is 33.0. The molecule has 1 heterocycles. The van der Waals surface area contributed by atoms with Gasteiger partial charge in [-0.3, -0.25) is 4.79 Å². The summed E-state index contributed by atoms with van der Waals surface area (Å²) in [5, 5.41) is 9.80. The van der Waals surface area contributed by atoms with Crippen LogP contribution in [0.25, 0.3) is 0 Å². The average Bonchev–Trinajstić information content (AvgIpc) is 2.95. The van der Waals surface area contributed by atoms with Crippen LogP contribution < -0.4 is 0 Å². The first-order valence-corrected chi connectivity index (χ1v) is 9.25. The quantitative estimate of drug-likeness (QED) is 0.860. The fourth-order valence-corrected chi connectivity index (χ4v) is 5.08. The molecule has 1 aromatic rings. The molecule has 1 spiro atoms. The lowest BCUT2D eigenvalue weighted by molar-refractivity contribution is -0.161. The molecule has 4 rings (SSSR count). The van der Waals surface area contributed by atoms with Crippen LogP contribution in [0.5, 0.6) is 0 Å². The van der Waals surface area contributed by atoms with Crippen LogP contribution in [0.15, 0.2) is 24.3 Å². The maximum atomic E-state index is 12.7. The second-order valence-corrected chi connectivity index (χ2v) is 8.86. The number of hydrogen-bond acceptors (Lipinski definition) is 2. The van der Waals surface area contributed by atoms with Gasteiger partial charge >= 0.3 is 6.18 Å². The molecule has 1 aliphatic heterocycles. The predicted octanol–water partition coefficient (Wildman–Crippen LogP) is 3.96. The van der Waals surface area contributed by atoms with Crippen LogP contribution in [-0.4, -0.2) is 34.6 Å². The van der Waals surface area contributed by atoms with Crippen molar-refractivity contribution < 1.29 is 23.1 Å². The van der Waals surface area contributed by atoms with Crippen molar-refractivity contribution in [3.05, 3.63) is 35.4 Å². The predicted molar refractivity (Wildman–Crippen MR) is 90.4 cm³/mol. The van der Waals surface area contributed by atoms with Gasteiger partial charge in [0.2, 0.25) is 5.91 Å². The molecular formula is C20H24F3NO2. The maximum Gasteiger partial charge on any atom is 0.416 e. The zero-order valence-electron chi connectivity index (χ0n) is 14.9. The van der Waals surface area contributed by atoms with Gasteiger partial charge in [0.25, 0.3) is 0 Å². The van der Waals surface area contributed by atoms with Crippen molar-refractivity contribution in [1.82, 2.24) is 4.90 Å². The Labute approximate surface area is 151 Å². The standard InChI is InChI=1S/C20H24F3NO2/c1-18(26)8-15(9-18)17(25)24-11-19(12-24)7-6-14(10-19)13-2-4-16(5-3-13)20(21,22)23/h2-5,14-15,26H,6-12H2,1H3. The van der Waals surface area contributed by atoms with E-state index >= 15 is 0 Å². The molecule has 142 valence electrons. The number of nitrogens with zero attached hydrogens (tertiary/aromatic N) is 1. The summed E-state index contributed by atoms with van der Waals surface area (Å²) >= 11 is 0. The molecule has 6 heteroatoms. The topological polar surface area (TPSA) is 40.5 Å². The highest BCUT2D eigenvalue weighted by Crippen LogP contribution is 2.53. The van der Waals surface area contributed by atoms with Crippen LogP contribution in [0.1, 0.15) is 56.1 Å². The van der Waals surface area contributed by atoms with Gasteiger partial charge in [-0.25, -0.2) is 0 Å². The fourth-order valence-electron chi connectivity index (χ4n) is 5.08. The number of benzene rings is 1. The van der Waals surface area contributed by atoms with Crippen LogP contribution in [0.3, 0.4) is 0 Å². The molecule has 1 atom stereocenters. The lowest BCUT2D eigenvalue weighted by Crippen LogP contribution is -2.61. The van der Waals surface area contributed by atoms with E-state index in [0.717, 1.165) is 37.9 Å². The van der Waals surface area contributed by atoms with E-state index in [-0.39, 0.29) is 23.2 Å². The minimum atomic E-state index is -4.30. The van der Waals surface area contributed by atoms with Crippen molar-refractivity contribution in [3.8, 4) is 0 Å². The molecule has 0 aromatic heterocycles. The summed E-state index contributed by atoms with van der Waals surface area (Å²) in [6.07, 6.45) is -0.287. The first kappa shape index (κ1) is 17.8. The Hall–Kier alpha value is -1.56. The Balaban J connectivity index is 1.33. The van der Waals surface area contributed by atoms with Crippen LogP contribution in [0.2, 0.25) is 0 Å². The van der Waals surface area contributed by atoms with Crippen LogP contribution in [-0.2, 0) is 11.0 Å². The van der Waals surface area contributed by atoms with Gasteiger partial charge in [-0.1, -0.05) is 12.1 Å². The molecule has 1 saturated heterocycles. The summed E-state index contributed by atoms with van der Waals surface area (Å²) in [5.41, 5.74) is -0.195. The van der Waals surface area contributed by atoms with Crippen molar-refractivity contribution in [2.75, 3.05) is 13.1 Å². The van der Waals surface area contributed by atoms with Crippen molar-refractivity contribution in [2.24, 2.45) is 11.3 Å². The van der Waals surface area contributed by atoms with Gasteiger partial charge in [0, 0.05) is 24.4 Å². The van der Waals surface area contributed by atoms with E-state index in [1.807, 2.05) is 4.90 Å². The molecule has 3 nitrogen and oxygen atoms in total. The van der Waals surface area contributed by atoms with Crippen LogP contribution in [0.4, 0.5) is 13.2 Å². The van der Waals surface area contributed by atoms with Gasteiger partial charge in [-0.15, -0.1) is 0 Å². The van der Waals surface area contributed by atoms with Crippen molar-refractivity contribution in [1.29, 1.82) is 0 Å². The number of likely N-dealkylation sites (tertiary alicyclic amines) is 1. The third-order valence-corrected chi connectivity index (χ3v) is 6.50. The Bertz CT molecular complexity index is 697. The first-order chi connectivity index (χ1) is 12.1. The zero-order valence-corrected chi connectivity index (χ0v) is 14.9. The molecule has 1 amide bonds. The maximum absolute atomic E-state index is 12.7. The van der Waals surface area contributed by atoms with Crippen LogP contribution in [0, 0.1) is 11.3 Å². The Kier molecular flexibility index (Phi) is 3.92. The monoisotopic (exact) mass is 367 g/mol. The number of carbonyl (C=O) groups excluding carboxylic acids is 1. The van der Waals surface area contributed by atoms with E-state index in [1.54, 1.807) is 19.1 Å². The number of carbonyl (C=O) groups is 1. The van der Waals surface area contributed by atoms with E-state index in [2.05, 4.69) is 0 Å². The number of aliphatic hydroxyl groups is 1. The Morgan fingerprint density at radius 1 is 1.15 bits per heavy atom. The summed E-state index contributed by atoms with van der Waals surface area (Å²) < 4.78 is 38.1. The van der Waals surface area contributed by atoms with E-state index in [4.69, 9.17) is 0 Å². The minimum absolute atomic E-state index is 0.0468. The van der Waals surface area contributed by atoms with Gasteiger partial charge in [-0.2, -0.15) is 13.2 Å². The summed E-state index contributed by atoms with van der Waals surface area (Å²) in [7, 11) is 0. The largest absolute Gasteiger partial charge is 0.416 e. The Morgan fingerprint density at radius 2 is 1.77 bits per heavy atom. The highest BCUT2D eigenvalue weighted by atomic mass is 19.4. The van der Waals surface area contributed by atoms with Gasteiger partial charge in [0.1, 0.15) is 0 Å². The van der Waals surface area contributed by atoms with Crippen molar-refractivity contribution in [3.63, 3.8) is 0 Å². The minimum Gasteiger partial charge on any atom is -0.390 e.